The summed E-state index contributed by atoms with van der Waals surface area (Å²) in [6.45, 7) is 7.96. The van der Waals surface area contributed by atoms with Crippen LogP contribution in [-0.4, -0.2) is 40.1 Å². The minimum absolute atomic E-state index is 0.0316. The van der Waals surface area contributed by atoms with Crippen LogP contribution < -0.4 is 10.9 Å². The van der Waals surface area contributed by atoms with Gasteiger partial charge in [-0.15, -0.1) is 0 Å². The zero-order valence-corrected chi connectivity index (χ0v) is 11.9. The molecule has 0 aliphatic carbocycles. The maximum atomic E-state index is 12.0. The molecule has 1 fully saturated rings. The molecule has 0 amide bonds. The highest BCUT2D eigenvalue weighted by molar-refractivity contribution is 5.30. The van der Waals surface area contributed by atoms with Crippen LogP contribution in [0.4, 0.5) is 5.82 Å². The van der Waals surface area contributed by atoms with Gasteiger partial charge in [-0.3, -0.25) is 9.69 Å². The molecule has 1 N–H and O–H groups in total. The monoisotopic (exact) mass is 264 g/mol. The Bertz CT molecular complexity index is 451. The maximum Gasteiger partial charge on any atom is 0.293 e. The Morgan fingerprint density at radius 3 is 2.79 bits per heavy atom. The van der Waals surface area contributed by atoms with Gasteiger partial charge in [-0.2, -0.15) is 0 Å². The van der Waals surface area contributed by atoms with E-state index in [0.717, 1.165) is 6.54 Å². The normalized spacial score (nSPS) is 18.2. The van der Waals surface area contributed by atoms with E-state index in [1.807, 2.05) is 6.92 Å². The van der Waals surface area contributed by atoms with Gasteiger partial charge in [-0.1, -0.05) is 6.42 Å². The van der Waals surface area contributed by atoms with Gasteiger partial charge < -0.3 is 9.88 Å². The Morgan fingerprint density at radius 1 is 1.37 bits per heavy atom. The van der Waals surface area contributed by atoms with Crippen molar-refractivity contribution in [2.24, 2.45) is 0 Å². The van der Waals surface area contributed by atoms with E-state index in [4.69, 9.17) is 0 Å². The molecule has 1 aliphatic heterocycles. The lowest BCUT2D eigenvalue weighted by molar-refractivity contribution is 0.180. The van der Waals surface area contributed by atoms with Gasteiger partial charge in [0.25, 0.3) is 5.56 Å². The van der Waals surface area contributed by atoms with Gasteiger partial charge in [0, 0.05) is 31.5 Å². The molecule has 19 heavy (non-hydrogen) atoms. The van der Waals surface area contributed by atoms with Crippen LogP contribution in [0.3, 0.4) is 0 Å². The van der Waals surface area contributed by atoms with E-state index >= 15 is 0 Å². The van der Waals surface area contributed by atoms with Crippen LogP contribution in [0.5, 0.6) is 0 Å². The summed E-state index contributed by atoms with van der Waals surface area (Å²) in [6.07, 6.45) is 7.33. The predicted molar refractivity (Wildman–Crippen MR) is 77.5 cm³/mol. The van der Waals surface area contributed by atoms with E-state index in [9.17, 15) is 4.79 Å². The summed E-state index contributed by atoms with van der Waals surface area (Å²) in [5.74, 6) is 0.466. The van der Waals surface area contributed by atoms with Gasteiger partial charge in [0.1, 0.15) is 0 Å². The van der Waals surface area contributed by atoms with E-state index in [2.05, 4.69) is 22.1 Å². The van der Waals surface area contributed by atoms with Gasteiger partial charge >= 0.3 is 0 Å². The van der Waals surface area contributed by atoms with Crippen LogP contribution in [0.15, 0.2) is 17.2 Å². The predicted octanol–water partition coefficient (Wildman–Crippen LogP) is 1.55. The number of aromatic nitrogens is 2. The molecule has 1 unspecified atom stereocenters. The molecule has 0 radical (unpaired) electrons. The second-order valence-electron chi connectivity index (χ2n) is 5.19. The summed E-state index contributed by atoms with van der Waals surface area (Å²) >= 11 is 0. The van der Waals surface area contributed by atoms with Crippen LogP contribution in [0, 0.1) is 0 Å². The first-order chi connectivity index (χ1) is 9.22. The highest BCUT2D eigenvalue weighted by Crippen LogP contribution is 2.12. The lowest BCUT2D eigenvalue weighted by Gasteiger charge is -2.32. The van der Waals surface area contributed by atoms with Crippen molar-refractivity contribution in [2.45, 2.75) is 45.7 Å². The second-order valence-corrected chi connectivity index (χ2v) is 5.19. The standard InChI is InChI=1S/C14H24N4O/c1-3-17-10-7-15-13(14(17)19)16-11-12(2)18-8-5-4-6-9-18/h7,10,12H,3-6,8-9,11H2,1-2H3,(H,15,16). The van der Waals surface area contributed by atoms with E-state index in [0.29, 0.717) is 18.4 Å². The van der Waals surface area contributed by atoms with Gasteiger partial charge in [0.05, 0.1) is 0 Å². The van der Waals surface area contributed by atoms with E-state index in [1.54, 1.807) is 17.0 Å². The molecule has 0 spiro atoms. The largest absolute Gasteiger partial charge is 0.364 e. The van der Waals surface area contributed by atoms with Crippen molar-refractivity contribution in [1.82, 2.24) is 14.5 Å². The molecule has 1 aliphatic rings. The van der Waals surface area contributed by atoms with Crippen LogP contribution in [0.2, 0.25) is 0 Å². The fourth-order valence-electron chi connectivity index (χ4n) is 2.55. The minimum Gasteiger partial charge on any atom is -0.364 e. The number of rotatable bonds is 5. The Balaban J connectivity index is 1.93. The smallest absolute Gasteiger partial charge is 0.293 e. The lowest BCUT2D eigenvalue weighted by atomic mass is 10.1. The van der Waals surface area contributed by atoms with E-state index in [-0.39, 0.29) is 5.56 Å². The molecule has 5 nitrogen and oxygen atoms in total. The van der Waals surface area contributed by atoms with Crippen molar-refractivity contribution in [3.63, 3.8) is 0 Å². The van der Waals surface area contributed by atoms with Gasteiger partial charge in [0.2, 0.25) is 0 Å². The third-order valence-electron chi connectivity index (χ3n) is 3.83. The Kier molecular flexibility index (Phi) is 4.96. The zero-order chi connectivity index (χ0) is 13.7. The molecule has 1 saturated heterocycles. The van der Waals surface area contributed by atoms with Crippen molar-refractivity contribution < 1.29 is 0 Å². The van der Waals surface area contributed by atoms with Gasteiger partial charge in [-0.05, 0) is 39.8 Å². The zero-order valence-electron chi connectivity index (χ0n) is 11.9. The lowest BCUT2D eigenvalue weighted by Crippen LogP contribution is -2.41. The average Bonchev–Trinajstić information content (AvgIpc) is 2.47. The first-order valence-electron chi connectivity index (χ1n) is 7.25. The summed E-state index contributed by atoms with van der Waals surface area (Å²) in [6, 6.07) is 0.441. The van der Waals surface area contributed by atoms with Gasteiger partial charge in [-0.25, -0.2) is 4.98 Å². The summed E-state index contributed by atoms with van der Waals surface area (Å²) in [4.78, 5) is 18.6. The summed E-state index contributed by atoms with van der Waals surface area (Å²) in [7, 11) is 0. The number of anilines is 1. The van der Waals surface area contributed by atoms with Crippen molar-refractivity contribution in [3.8, 4) is 0 Å². The van der Waals surface area contributed by atoms with Crippen LogP contribution in [0.25, 0.3) is 0 Å². The molecule has 5 heteroatoms. The molecular weight excluding hydrogens is 240 g/mol. The molecule has 0 bridgehead atoms. The Labute approximate surface area is 114 Å². The summed E-state index contributed by atoms with van der Waals surface area (Å²) in [5, 5.41) is 3.20. The van der Waals surface area contributed by atoms with Crippen LogP contribution in [-0.2, 0) is 6.54 Å². The fourth-order valence-corrected chi connectivity index (χ4v) is 2.55. The number of nitrogens with one attached hydrogen (secondary N) is 1. The molecular formula is C14H24N4O. The molecule has 1 atom stereocenters. The minimum atomic E-state index is -0.0316. The summed E-state index contributed by atoms with van der Waals surface area (Å²) in [5.41, 5.74) is -0.0316. The number of nitrogens with zero attached hydrogens (tertiary/aromatic N) is 3. The number of piperidine rings is 1. The number of hydrogen-bond donors (Lipinski definition) is 1. The molecule has 2 heterocycles. The van der Waals surface area contributed by atoms with Crippen molar-refractivity contribution in [2.75, 3.05) is 25.0 Å². The van der Waals surface area contributed by atoms with E-state index < -0.39 is 0 Å². The first kappa shape index (κ1) is 14.1. The highest BCUT2D eigenvalue weighted by atomic mass is 16.1. The van der Waals surface area contributed by atoms with Crippen molar-refractivity contribution in [3.05, 3.63) is 22.7 Å². The SMILES string of the molecule is CCn1ccnc(NCC(C)N2CCCCC2)c1=O. The third-order valence-corrected chi connectivity index (χ3v) is 3.83. The molecule has 2 rings (SSSR count). The van der Waals surface area contributed by atoms with Crippen molar-refractivity contribution in [1.29, 1.82) is 0 Å². The summed E-state index contributed by atoms with van der Waals surface area (Å²) < 4.78 is 1.67. The quantitative estimate of drug-likeness (QED) is 0.876. The maximum absolute atomic E-state index is 12.0. The number of hydrogen-bond acceptors (Lipinski definition) is 4. The highest BCUT2D eigenvalue weighted by Gasteiger charge is 2.16. The number of likely N-dealkylation sites (tertiary alicyclic amines) is 1. The second kappa shape index (κ2) is 6.70. The Hall–Kier alpha value is -1.36. The first-order valence-corrected chi connectivity index (χ1v) is 7.25. The third kappa shape index (κ3) is 3.56. The molecule has 1 aromatic heterocycles. The van der Waals surface area contributed by atoms with E-state index in [1.165, 1.54) is 32.4 Å². The topological polar surface area (TPSA) is 50.2 Å². The van der Waals surface area contributed by atoms with Crippen LogP contribution >= 0.6 is 0 Å². The van der Waals surface area contributed by atoms with Crippen LogP contribution in [0.1, 0.15) is 33.1 Å². The van der Waals surface area contributed by atoms with Crippen molar-refractivity contribution >= 4 is 5.82 Å². The molecule has 106 valence electrons. The fraction of sp³-hybridized carbons (Fsp3) is 0.714. The van der Waals surface area contributed by atoms with Gasteiger partial charge in [0.15, 0.2) is 5.82 Å². The molecule has 1 aromatic rings. The number of aryl methyl sites for hydroxylation is 1. The molecule has 0 aromatic carbocycles. The molecule has 0 saturated carbocycles. The average molecular weight is 264 g/mol. The Morgan fingerprint density at radius 2 is 2.11 bits per heavy atom.